The first-order valence-corrected chi connectivity index (χ1v) is 17.2. The van der Waals surface area contributed by atoms with Gasteiger partial charge in [-0.1, -0.05) is 54.6 Å². The van der Waals surface area contributed by atoms with E-state index in [1.165, 1.54) is 24.3 Å². The number of sulfonamides is 1. The van der Waals surface area contributed by atoms with Crippen LogP contribution in [0.1, 0.15) is 5.56 Å². The number of carbonyl (C=O) groups excluding carboxylic acids is 2. The van der Waals surface area contributed by atoms with Crippen molar-refractivity contribution in [3.05, 3.63) is 157 Å². The van der Waals surface area contributed by atoms with E-state index >= 15 is 0 Å². The highest BCUT2D eigenvalue weighted by atomic mass is 32.2. The molecule has 12 heteroatoms. The predicted octanol–water partition coefficient (Wildman–Crippen LogP) is 9.67. The van der Waals surface area contributed by atoms with E-state index in [9.17, 15) is 18.0 Å². The maximum atomic E-state index is 13.2. The van der Waals surface area contributed by atoms with Crippen molar-refractivity contribution in [1.82, 2.24) is 0 Å². The van der Waals surface area contributed by atoms with Crippen LogP contribution in [-0.4, -0.2) is 20.5 Å². The molecule has 51 heavy (non-hydrogen) atoms. The zero-order chi connectivity index (χ0) is 35.6. The zero-order valence-electron chi connectivity index (χ0n) is 27.3. The smallest absolute Gasteiger partial charge is 0.323 e. The Kier molecular flexibility index (Phi) is 10.4. The molecule has 6 rings (SSSR count). The number of urea groups is 2. The van der Waals surface area contributed by atoms with E-state index in [-0.39, 0.29) is 22.0 Å². The first kappa shape index (κ1) is 34.1. The zero-order valence-corrected chi connectivity index (χ0v) is 28.1. The number of hydrogen-bond acceptors (Lipinski definition) is 6. The molecule has 0 heterocycles. The molecule has 0 aliphatic carbocycles. The molecule has 0 aliphatic heterocycles. The molecule has 6 aromatic carbocycles. The third-order valence-electron chi connectivity index (χ3n) is 7.33. The Morgan fingerprint density at radius 1 is 0.471 bits per heavy atom. The Balaban J connectivity index is 1.16. The third-order valence-corrected chi connectivity index (χ3v) is 8.87. The van der Waals surface area contributed by atoms with Crippen LogP contribution in [-0.2, 0) is 10.0 Å². The Hall–Kier alpha value is -6.79. The minimum absolute atomic E-state index is 0.110. The van der Waals surface area contributed by atoms with E-state index in [0.717, 1.165) is 0 Å². The molecular weight excluding hydrogens is 667 g/mol. The topological polar surface area (TPSA) is 147 Å². The first-order valence-electron chi connectivity index (χ1n) is 15.7. The van der Waals surface area contributed by atoms with Crippen molar-refractivity contribution < 1.29 is 27.5 Å². The lowest BCUT2D eigenvalue weighted by Crippen LogP contribution is -2.23. The number of anilines is 5. The van der Waals surface area contributed by atoms with E-state index in [4.69, 9.17) is 9.47 Å². The molecule has 0 radical (unpaired) electrons. The number of para-hydroxylation sites is 2. The van der Waals surface area contributed by atoms with Crippen LogP contribution < -0.4 is 35.5 Å². The maximum absolute atomic E-state index is 13.2. The molecule has 0 atom stereocenters. The Bertz CT molecular complexity index is 2230. The van der Waals surface area contributed by atoms with Gasteiger partial charge in [0, 0.05) is 11.4 Å². The number of nitrogens with one attached hydrogen (secondary N) is 5. The lowest BCUT2D eigenvalue weighted by atomic mass is 10.2. The quantitative estimate of drug-likeness (QED) is 0.0910. The van der Waals surface area contributed by atoms with Crippen LogP contribution in [0, 0.1) is 6.92 Å². The largest absolute Gasteiger partial charge is 0.457 e. The lowest BCUT2D eigenvalue weighted by molar-refractivity contribution is 0.261. The van der Waals surface area contributed by atoms with Crippen LogP contribution in [0.15, 0.2) is 157 Å². The van der Waals surface area contributed by atoms with Gasteiger partial charge in [-0.05, 0) is 110 Å². The molecule has 0 bridgehead atoms. The second-order valence-electron chi connectivity index (χ2n) is 11.2. The van der Waals surface area contributed by atoms with Crippen LogP contribution >= 0.6 is 0 Å². The molecule has 11 nitrogen and oxygen atoms in total. The van der Waals surface area contributed by atoms with Gasteiger partial charge in [0.15, 0.2) is 0 Å². The second kappa shape index (κ2) is 15.6. The Morgan fingerprint density at radius 3 is 1.41 bits per heavy atom. The van der Waals surface area contributed by atoms with Crippen LogP contribution in [0.3, 0.4) is 0 Å². The minimum atomic E-state index is -3.96. The molecule has 6 aromatic rings. The van der Waals surface area contributed by atoms with Gasteiger partial charge < -0.3 is 30.7 Å². The molecule has 0 saturated heterocycles. The van der Waals surface area contributed by atoms with E-state index in [1.54, 1.807) is 73.7 Å². The molecule has 0 aromatic heterocycles. The van der Waals surface area contributed by atoms with Crippen molar-refractivity contribution in [2.24, 2.45) is 0 Å². The summed E-state index contributed by atoms with van der Waals surface area (Å²) in [5.74, 6) is 2.52. The molecular formula is C39H33N5O6S. The monoisotopic (exact) mass is 699 g/mol. The van der Waals surface area contributed by atoms with Crippen molar-refractivity contribution in [2.45, 2.75) is 11.8 Å². The van der Waals surface area contributed by atoms with Gasteiger partial charge in [-0.2, -0.15) is 0 Å². The number of carbonyl (C=O) groups is 2. The van der Waals surface area contributed by atoms with Crippen LogP contribution in [0.25, 0.3) is 0 Å². The van der Waals surface area contributed by atoms with E-state index in [1.807, 2.05) is 60.7 Å². The van der Waals surface area contributed by atoms with Crippen molar-refractivity contribution in [1.29, 1.82) is 0 Å². The summed E-state index contributed by atoms with van der Waals surface area (Å²) in [5, 5.41) is 10.9. The SMILES string of the molecule is Cc1ccccc1S(=O)(=O)Nc1ccc(NC(=O)Nc2ccc(Oc3ccccc3)cc2)c(NC(=O)Nc2ccc(Oc3ccccc3)cc2)c1. The summed E-state index contributed by atoms with van der Waals surface area (Å²) in [5.41, 5.74) is 2.02. The number of rotatable bonds is 11. The number of hydrogen-bond donors (Lipinski definition) is 5. The normalized spacial score (nSPS) is 10.8. The fourth-order valence-corrected chi connectivity index (χ4v) is 6.22. The average Bonchev–Trinajstić information content (AvgIpc) is 3.12. The number of amides is 4. The molecule has 0 aliphatic rings. The number of aryl methyl sites for hydroxylation is 1. The van der Waals surface area contributed by atoms with E-state index < -0.39 is 22.1 Å². The fraction of sp³-hybridized carbons (Fsp3) is 0.0256. The van der Waals surface area contributed by atoms with Gasteiger partial charge in [-0.3, -0.25) is 4.72 Å². The van der Waals surface area contributed by atoms with Crippen LogP contribution in [0.5, 0.6) is 23.0 Å². The van der Waals surface area contributed by atoms with Gasteiger partial charge in [-0.25, -0.2) is 18.0 Å². The van der Waals surface area contributed by atoms with Gasteiger partial charge in [0.05, 0.1) is 22.0 Å². The average molecular weight is 700 g/mol. The minimum Gasteiger partial charge on any atom is -0.457 e. The summed E-state index contributed by atoms with van der Waals surface area (Å²) < 4.78 is 40.6. The number of ether oxygens (including phenoxy) is 2. The fourth-order valence-electron chi connectivity index (χ4n) is 4.92. The molecule has 5 N–H and O–H groups in total. The molecule has 4 amide bonds. The molecule has 256 valence electrons. The first-order chi connectivity index (χ1) is 24.7. The third kappa shape index (κ3) is 9.43. The van der Waals surface area contributed by atoms with Crippen molar-refractivity contribution in [3.63, 3.8) is 0 Å². The van der Waals surface area contributed by atoms with Crippen LogP contribution in [0.2, 0.25) is 0 Å². The predicted molar refractivity (Wildman–Crippen MR) is 200 cm³/mol. The second-order valence-corrected chi connectivity index (χ2v) is 12.8. The van der Waals surface area contributed by atoms with E-state index in [0.29, 0.717) is 39.9 Å². The Morgan fingerprint density at radius 2 is 0.902 bits per heavy atom. The van der Waals surface area contributed by atoms with Crippen molar-refractivity contribution >= 4 is 50.5 Å². The highest BCUT2D eigenvalue weighted by molar-refractivity contribution is 7.92. The van der Waals surface area contributed by atoms with Crippen molar-refractivity contribution in [3.8, 4) is 23.0 Å². The van der Waals surface area contributed by atoms with Gasteiger partial charge in [-0.15, -0.1) is 0 Å². The molecule has 0 spiro atoms. The summed E-state index contributed by atoms with van der Waals surface area (Å²) in [6, 6.07) is 41.9. The summed E-state index contributed by atoms with van der Waals surface area (Å²) in [7, 11) is -3.96. The highest BCUT2D eigenvalue weighted by Gasteiger charge is 2.18. The molecule has 0 saturated carbocycles. The summed E-state index contributed by atoms with van der Waals surface area (Å²) in [4.78, 5) is 26.4. The van der Waals surface area contributed by atoms with E-state index in [2.05, 4.69) is 26.0 Å². The van der Waals surface area contributed by atoms with Crippen LogP contribution in [0.4, 0.5) is 38.0 Å². The summed E-state index contributed by atoms with van der Waals surface area (Å²) in [6.45, 7) is 1.70. The maximum Gasteiger partial charge on any atom is 0.323 e. The van der Waals surface area contributed by atoms with Gasteiger partial charge in [0.25, 0.3) is 10.0 Å². The molecule has 0 fully saturated rings. The van der Waals surface area contributed by atoms with Gasteiger partial charge >= 0.3 is 12.1 Å². The lowest BCUT2D eigenvalue weighted by Gasteiger charge is -2.17. The Labute approximate surface area is 295 Å². The number of benzene rings is 6. The van der Waals surface area contributed by atoms with Crippen molar-refractivity contribution in [2.75, 3.05) is 26.0 Å². The standard InChI is InChI=1S/C39H33N5O6S/c1-27-10-8-9-15-37(27)51(47,48)44-30-20-25-35(42-38(45)40-28-16-21-33(22-17-28)49-31-11-4-2-5-12-31)36(26-30)43-39(46)41-29-18-23-34(24-19-29)50-32-13-6-3-7-14-32/h2-26,44H,1H3,(H2,40,42,45)(H2,41,43,46). The van der Waals surface area contributed by atoms with Gasteiger partial charge in [0.1, 0.15) is 23.0 Å². The summed E-state index contributed by atoms with van der Waals surface area (Å²) in [6.07, 6.45) is 0. The highest BCUT2D eigenvalue weighted by Crippen LogP contribution is 2.30. The molecule has 0 unspecified atom stereocenters. The summed E-state index contributed by atoms with van der Waals surface area (Å²) >= 11 is 0. The van der Waals surface area contributed by atoms with Gasteiger partial charge in [0.2, 0.25) is 0 Å².